The normalized spacial score (nSPS) is 11.5. The Kier molecular flexibility index (Phi) is 8.20. The molecule has 1 atom stereocenters. The van der Waals surface area contributed by atoms with Gasteiger partial charge >= 0.3 is 0 Å². The average Bonchev–Trinajstić information content (AvgIpc) is 2.69. The number of benzene rings is 2. The SMILES string of the molecule is CCCCNC(=O)c1ccccc1NC(=O)[C@@H](C)Sc1ccc(OC)cc1. The summed E-state index contributed by atoms with van der Waals surface area (Å²) in [4.78, 5) is 25.9. The summed E-state index contributed by atoms with van der Waals surface area (Å²) in [6.07, 6.45) is 1.94. The third kappa shape index (κ3) is 6.32. The van der Waals surface area contributed by atoms with E-state index in [0.717, 1.165) is 23.5 Å². The molecule has 2 aromatic carbocycles. The third-order valence-electron chi connectivity index (χ3n) is 3.99. The Morgan fingerprint density at radius 3 is 2.48 bits per heavy atom. The molecule has 0 fully saturated rings. The lowest BCUT2D eigenvalue weighted by molar-refractivity contribution is -0.115. The minimum Gasteiger partial charge on any atom is -0.497 e. The lowest BCUT2D eigenvalue weighted by Gasteiger charge is -2.15. The summed E-state index contributed by atoms with van der Waals surface area (Å²) in [5.74, 6) is 0.457. The molecule has 0 aliphatic rings. The number of carbonyl (C=O) groups is 2. The second kappa shape index (κ2) is 10.6. The van der Waals surface area contributed by atoms with Crippen LogP contribution in [0.3, 0.4) is 0 Å². The summed E-state index contributed by atoms with van der Waals surface area (Å²) in [6, 6.07) is 14.6. The van der Waals surface area contributed by atoms with Gasteiger partial charge in [0, 0.05) is 11.4 Å². The molecule has 0 bridgehead atoms. The number of para-hydroxylation sites is 1. The summed E-state index contributed by atoms with van der Waals surface area (Å²) >= 11 is 1.45. The topological polar surface area (TPSA) is 67.4 Å². The summed E-state index contributed by atoms with van der Waals surface area (Å²) in [5, 5.41) is 5.45. The number of rotatable bonds is 9. The first-order valence-corrected chi connectivity index (χ1v) is 9.92. The lowest BCUT2D eigenvalue weighted by atomic mass is 10.1. The Morgan fingerprint density at radius 1 is 1.11 bits per heavy atom. The molecule has 2 N–H and O–H groups in total. The van der Waals surface area contributed by atoms with Crippen molar-refractivity contribution in [2.45, 2.75) is 36.8 Å². The number of amides is 2. The van der Waals surface area contributed by atoms with Gasteiger partial charge in [0.05, 0.1) is 23.6 Å². The molecule has 2 amide bonds. The Morgan fingerprint density at radius 2 is 1.81 bits per heavy atom. The highest BCUT2D eigenvalue weighted by Crippen LogP contribution is 2.26. The van der Waals surface area contributed by atoms with E-state index in [0.29, 0.717) is 17.8 Å². The van der Waals surface area contributed by atoms with Crippen LogP contribution in [-0.2, 0) is 4.79 Å². The summed E-state index contributed by atoms with van der Waals surface area (Å²) in [7, 11) is 1.62. The van der Waals surface area contributed by atoms with Crippen molar-refractivity contribution in [2.24, 2.45) is 0 Å². The molecular weight excluding hydrogens is 360 g/mol. The quantitative estimate of drug-likeness (QED) is 0.497. The smallest absolute Gasteiger partial charge is 0.253 e. The molecule has 0 heterocycles. The van der Waals surface area contributed by atoms with Gasteiger partial charge in [-0.25, -0.2) is 0 Å². The van der Waals surface area contributed by atoms with Crippen LogP contribution in [-0.4, -0.2) is 30.7 Å². The van der Waals surface area contributed by atoms with Crippen molar-refractivity contribution >= 4 is 29.3 Å². The van der Waals surface area contributed by atoms with Gasteiger partial charge < -0.3 is 15.4 Å². The van der Waals surface area contributed by atoms with E-state index < -0.39 is 0 Å². The van der Waals surface area contributed by atoms with Crippen molar-refractivity contribution in [2.75, 3.05) is 19.0 Å². The van der Waals surface area contributed by atoms with Crippen LogP contribution >= 0.6 is 11.8 Å². The van der Waals surface area contributed by atoms with Gasteiger partial charge in [-0.05, 0) is 49.7 Å². The van der Waals surface area contributed by atoms with Gasteiger partial charge in [-0.3, -0.25) is 9.59 Å². The molecule has 6 heteroatoms. The van der Waals surface area contributed by atoms with Crippen LogP contribution in [0.5, 0.6) is 5.75 Å². The predicted molar refractivity (Wildman–Crippen MR) is 111 cm³/mol. The fourth-order valence-electron chi connectivity index (χ4n) is 2.41. The fraction of sp³-hybridized carbons (Fsp3) is 0.333. The van der Waals surface area contributed by atoms with Crippen molar-refractivity contribution in [3.05, 3.63) is 54.1 Å². The highest BCUT2D eigenvalue weighted by Gasteiger charge is 2.18. The van der Waals surface area contributed by atoms with Gasteiger partial charge in [-0.15, -0.1) is 11.8 Å². The highest BCUT2D eigenvalue weighted by molar-refractivity contribution is 8.00. The Bertz CT molecular complexity index is 762. The van der Waals surface area contributed by atoms with Crippen LogP contribution in [0.4, 0.5) is 5.69 Å². The molecule has 5 nitrogen and oxygen atoms in total. The van der Waals surface area contributed by atoms with E-state index in [9.17, 15) is 9.59 Å². The van der Waals surface area contributed by atoms with Crippen LogP contribution in [0.1, 0.15) is 37.0 Å². The average molecular weight is 387 g/mol. The zero-order chi connectivity index (χ0) is 19.6. The van der Waals surface area contributed by atoms with Gasteiger partial charge in [0.15, 0.2) is 0 Å². The van der Waals surface area contributed by atoms with Crippen LogP contribution < -0.4 is 15.4 Å². The van der Waals surface area contributed by atoms with Gasteiger partial charge in [0.25, 0.3) is 5.91 Å². The summed E-state index contributed by atoms with van der Waals surface area (Å²) in [5.41, 5.74) is 1.00. The number of unbranched alkanes of at least 4 members (excludes halogenated alkanes) is 1. The fourth-order valence-corrected chi connectivity index (χ4v) is 3.28. The van der Waals surface area contributed by atoms with E-state index in [1.165, 1.54) is 11.8 Å². The van der Waals surface area contributed by atoms with Gasteiger partial charge in [0.2, 0.25) is 5.91 Å². The van der Waals surface area contributed by atoms with E-state index in [4.69, 9.17) is 4.74 Å². The maximum atomic E-state index is 12.6. The van der Waals surface area contributed by atoms with Gasteiger partial charge in [-0.1, -0.05) is 25.5 Å². The van der Waals surface area contributed by atoms with Crippen molar-refractivity contribution in [3.8, 4) is 5.75 Å². The molecule has 0 saturated heterocycles. The number of methoxy groups -OCH3 is 1. The van der Waals surface area contributed by atoms with Crippen molar-refractivity contribution in [1.82, 2.24) is 5.32 Å². The van der Waals surface area contributed by atoms with Crippen molar-refractivity contribution in [3.63, 3.8) is 0 Å². The first kappa shape index (κ1) is 20.8. The van der Waals surface area contributed by atoms with Crippen molar-refractivity contribution < 1.29 is 14.3 Å². The van der Waals surface area contributed by atoms with Crippen LogP contribution in [0, 0.1) is 0 Å². The minimum absolute atomic E-state index is 0.148. The lowest BCUT2D eigenvalue weighted by Crippen LogP contribution is -2.28. The molecule has 2 aromatic rings. The minimum atomic E-state index is -0.311. The molecule has 0 saturated carbocycles. The maximum absolute atomic E-state index is 12.6. The van der Waals surface area contributed by atoms with E-state index in [1.54, 1.807) is 31.4 Å². The molecule has 144 valence electrons. The van der Waals surface area contributed by atoms with Gasteiger partial charge in [-0.2, -0.15) is 0 Å². The third-order valence-corrected chi connectivity index (χ3v) is 5.10. The number of nitrogens with one attached hydrogen (secondary N) is 2. The molecule has 0 aliphatic carbocycles. The van der Waals surface area contributed by atoms with Crippen LogP contribution in [0.25, 0.3) is 0 Å². The molecule has 0 aromatic heterocycles. The van der Waals surface area contributed by atoms with Crippen molar-refractivity contribution in [1.29, 1.82) is 0 Å². The maximum Gasteiger partial charge on any atom is 0.253 e. The zero-order valence-electron chi connectivity index (χ0n) is 16.0. The largest absolute Gasteiger partial charge is 0.497 e. The monoisotopic (exact) mass is 386 g/mol. The first-order valence-electron chi connectivity index (χ1n) is 9.04. The first-order chi connectivity index (χ1) is 13.0. The second-order valence-corrected chi connectivity index (χ2v) is 7.49. The number of ether oxygens (including phenoxy) is 1. The standard InChI is InChI=1S/C21H26N2O3S/c1-4-5-14-22-21(25)18-8-6-7-9-19(18)23-20(24)15(2)27-17-12-10-16(26-3)11-13-17/h6-13,15H,4-5,14H2,1-3H3,(H,22,25)(H,23,24)/t15-/m1/s1. The number of anilines is 1. The molecule has 0 unspecified atom stereocenters. The van der Waals surface area contributed by atoms with E-state index in [1.807, 2.05) is 31.2 Å². The molecular formula is C21H26N2O3S. The molecule has 0 radical (unpaired) electrons. The highest BCUT2D eigenvalue weighted by atomic mass is 32.2. The molecule has 0 aliphatic heterocycles. The number of thioether (sulfide) groups is 1. The van der Waals surface area contributed by atoms with Crippen LogP contribution in [0.2, 0.25) is 0 Å². The van der Waals surface area contributed by atoms with E-state index >= 15 is 0 Å². The zero-order valence-corrected chi connectivity index (χ0v) is 16.8. The Labute approximate surface area is 164 Å². The molecule has 2 rings (SSSR count). The van der Waals surface area contributed by atoms with Crippen LogP contribution in [0.15, 0.2) is 53.4 Å². The second-order valence-electron chi connectivity index (χ2n) is 6.08. The summed E-state index contributed by atoms with van der Waals surface area (Å²) in [6.45, 7) is 4.54. The number of hydrogen-bond donors (Lipinski definition) is 2. The molecule has 0 spiro atoms. The van der Waals surface area contributed by atoms with E-state index in [-0.39, 0.29) is 17.1 Å². The summed E-state index contributed by atoms with van der Waals surface area (Å²) < 4.78 is 5.14. The predicted octanol–water partition coefficient (Wildman–Crippen LogP) is 4.34. The number of carbonyl (C=O) groups excluding carboxylic acids is 2. The Balaban J connectivity index is 2.00. The molecule has 27 heavy (non-hydrogen) atoms. The van der Waals surface area contributed by atoms with Gasteiger partial charge in [0.1, 0.15) is 5.75 Å². The Hall–Kier alpha value is -2.47. The van der Waals surface area contributed by atoms with E-state index in [2.05, 4.69) is 17.6 Å². The number of hydrogen-bond acceptors (Lipinski definition) is 4.